The van der Waals surface area contributed by atoms with Crippen molar-refractivity contribution < 1.29 is 4.74 Å². The van der Waals surface area contributed by atoms with E-state index in [9.17, 15) is 0 Å². The number of nitrogens with zero attached hydrogens (tertiary/aromatic N) is 1. The van der Waals surface area contributed by atoms with Crippen LogP contribution >= 0.6 is 0 Å². The van der Waals surface area contributed by atoms with E-state index in [4.69, 9.17) is 4.74 Å². The Labute approximate surface area is 128 Å². The number of fused-ring (bicyclic) bond motifs is 1. The molecule has 1 N–H and O–H groups in total. The van der Waals surface area contributed by atoms with Crippen LogP contribution in [0.3, 0.4) is 0 Å². The van der Waals surface area contributed by atoms with Gasteiger partial charge in [-0.3, -0.25) is 4.90 Å². The van der Waals surface area contributed by atoms with Gasteiger partial charge in [-0.15, -0.1) is 0 Å². The highest BCUT2D eigenvalue weighted by atomic mass is 16.5. The second kappa shape index (κ2) is 5.88. The van der Waals surface area contributed by atoms with Crippen LogP contribution in [0.5, 0.6) is 5.75 Å². The molecule has 2 heterocycles. The molecule has 2 aliphatic rings. The Morgan fingerprint density at radius 2 is 2.19 bits per heavy atom. The molecule has 0 amide bonds. The van der Waals surface area contributed by atoms with Gasteiger partial charge in [0.25, 0.3) is 0 Å². The Balaban J connectivity index is 1.73. The molecule has 0 aliphatic carbocycles. The van der Waals surface area contributed by atoms with Gasteiger partial charge in [-0.05, 0) is 58.2 Å². The number of likely N-dealkylation sites (tertiary alicyclic amines) is 1. The van der Waals surface area contributed by atoms with Gasteiger partial charge in [-0.25, -0.2) is 0 Å². The molecule has 2 aliphatic heterocycles. The predicted molar refractivity (Wildman–Crippen MR) is 88.2 cm³/mol. The Bertz CT molecular complexity index is 500. The van der Waals surface area contributed by atoms with E-state index in [2.05, 4.69) is 49.2 Å². The second-order valence-electron chi connectivity index (χ2n) is 7.00. The molecule has 1 aromatic carbocycles. The largest absolute Gasteiger partial charge is 0.489 e. The van der Waals surface area contributed by atoms with Crippen molar-refractivity contribution in [2.45, 2.75) is 58.0 Å². The summed E-state index contributed by atoms with van der Waals surface area (Å²) >= 11 is 0. The van der Waals surface area contributed by atoms with Gasteiger partial charge in [0.2, 0.25) is 0 Å². The lowest BCUT2D eigenvalue weighted by molar-refractivity contribution is -0.00124. The minimum absolute atomic E-state index is 0.160. The molecule has 0 bridgehead atoms. The highest BCUT2D eigenvalue weighted by Crippen LogP contribution is 2.35. The van der Waals surface area contributed by atoms with Gasteiger partial charge in [0.1, 0.15) is 12.4 Å². The fraction of sp³-hybridized carbons (Fsp3) is 0.667. The SMILES string of the molecule is CC(C)N1CCCCC1(C)COc1cccc2c1NCC2. The first-order valence-corrected chi connectivity index (χ1v) is 8.35. The number of nitrogens with one attached hydrogen (secondary N) is 1. The van der Waals surface area contributed by atoms with Crippen LogP contribution in [0, 0.1) is 0 Å². The molecule has 0 spiro atoms. The number of benzene rings is 1. The Hall–Kier alpha value is -1.22. The number of piperidine rings is 1. The summed E-state index contributed by atoms with van der Waals surface area (Å²) in [6.45, 7) is 9.97. The Morgan fingerprint density at radius 1 is 1.33 bits per heavy atom. The second-order valence-corrected chi connectivity index (χ2v) is 7.00. The average Bonchev–Trinajstić information content (AvgIpc) is 2.94. The zero-order chi connectivity index (χ0) is 14.9. The van der Waals surface area contributed by atoms with Crippen molar-refractivity contribution in [1.82, 2.24) is 4.90 Å². The zero-order valence-electron chi connectivity index (χ0n) is 13.6. The van der Waals surface area contributed by atoms with Gasteiger partial charge in [0.05, 0.1) is 11.2 Å². The molecule has 3 rings (SSSR count). The van der Waals surface area contributed by atoms with Crippen molar-refractivity contribution in [2.24, 2.45) is 0 Å². The highest BCUT2D eigenvalue weighted by molar-refractivity contribution is 5.65. The summed E-state index contributed by atoms with van der Waals surface area (Å²) < 4.78 is 6.27. The van der Waals surface area contributed by atoms with Crippen molar-refractivity contribution in [3.8, 4) is 5.75 Å². The van der Waals surface area contributed by atoms with Crippen LogP contribution in [0.25, 0.3) is 0 Å². The summed E-state index contributed by atoms with van der Waals surface area (Å²) in [5.74, 6) is 1.03. The number of ether oxygens (including phenoxy) is 1. The minimum atomic E-state index is 0.160. The number of hydrogen-bond donors (Lipinski definition) is 1. The lowest BCUT2D eigenvalue weighted by Crippen LogP contribution is -2.56. The van der Waals surface area contributed by atoms with Crippen LogP contribution < -0.4 is 10.1 Å². The monoisotopic (exact) mass is 288 g/mol. The molecule has 0 aromatic heterocycles. The molecule has 0 radical (unpaired) electrons. The first kappa shape index (κ1) is 14.7. The van der Waals surface area contributed by atoms with E-state index in [0.717, 1.165) is 25.3 Å². The maximum absolute atomic E-state index is 6.27. The maximum atomic E-state index is 6.27. The standard InChI is InChI=1S/C18H28N2O/c1-14(2)20-12-5-4-10-18(20,3)13-21-16-8-6-7-15-9-11-19-17(15)16/h6-8,14,19H,4-5,9-13H2,1-3H3. The molecule has 1 saturated heterocycles. The lowest BCUT2D eigenvalue weighted by Gasteiger charge is -2.47. The van der Waals surface area contributed by atoms with Crippen molar-refractivity contribution in [3.05, 3.63) is 23.8 Å². The first-order chi connectivity index (χ1) is 10.1. The maximum Gasteiger partial charge on any atom is 0.142 e. The topological polar surface area (TPSA) is 24.5 Å². The molecule has 1 fully saturated rings. The van der Waals surface area contributed by atoms with E-state index < -0.39 is 0 Å². The van der Waals surface area contributed by atoms with Crippen molar-refractivity contribution in [3.63, 3.8) is 0 Å². The third-order valence-corrected chi connectivity index (χ3v) is 5.03. The van der Waals surface area contributed by atoms with Crippen LogP contribution in [0.15, 0.2) is 18.2 Å². The fourth-order valence-electron chi connectivity index (χ4n) is 3.90. The van der Waals surface area contributed by atoms with E-state index in [1.54, 1.807) is 0 Å². The van der Waals surface area contributed by atoms with Crippen LogP contribution in [0.2, 0.25) is 0 Å². The number of rotatable bonds is 4. The normalized spacial score (nSPS) is 25.7. The summed E-state index contributed by atoms with van der Waals surface area (Å²) in [5, 5.41) is 3.46. The summed E-state index contributed by atoms with van der Waals surface area (Å²) in [6.07, 6.45) is 4.97. The average molecular weight is 288 g/mol. The smallest absolute Gasteiger partial charge is 0.142 e. The third-order valence-electron chi connectivity index (χ3n) is 5.03. The summed E-state index contributed by atoms with van der Waals surface area (Å²) in [5.41, 5.74) is 2.77. The molecule has 1 atom stereocenters. The van der Waals surface area contributed by atoms with E-state index in [-0.39, 0.29) is 5.54 Å². The lowest BCUT2D eigenvalue weighted by atomic mass is 9.88. The number of hydrogen-bond acceptors (Lipinski definition) is 3. The third kappa shape index (κ3) is 2.89. The van der Waals surface area contributed by atoms with Crippen molar-refractivity contribution >= 4 is 5.69 Å². The summed E-state index contributed by atoms with van der Waals surface area (Å²) in [6, 6.07) is 7.00. The van der Waals surface area contributed by atoms with Crippen LogP contribution in [0.4, 0.5) is 5.69 Å². The molecule has 1 unspecified atom stereocenters. The van der Waals surface area contributed by atoms with Gasteiger partial charge in [-0.2, -0.15) is 0 Å². The van der Waals surface area contributed by atoms with E-state index in [1.165, 1.54) is 37.1 Å². The first-order valence-electron chi connectivity index (χ1n) is 8.35. The van der Waals surface area contributed by atoms with Gasteiger partial charge < -0.3 is 10.1 Å². The van der Waals surface area contributed by atoms with E-state index in [0.29, 0.717) is 6.04 Å². The summed E-state index contributed by atoms with van der Waals surface area (Å²) in [4.78, 5) is 2.62. The minimum Gasteiger partial charge on any atom is -0.489 e. The molecular formula is C18H28N2O. The van der Waals surface area contributed by atoms with Crippen molar-refractivity contribution in [2.75, 3.05) is 25.0 Å². The molecule has 3 heteroatoms. The zero-order valence-corrected chi connectivity index (χ0v) is 13.6. The van der Waals surface area contributed by atoms with Crippen molar-refractivity contribution in [1.29, 1.82) is 0 Å². The van der Waals surface area contributed by atoms with Gasteiger partial charge in [0, 0.05) is 12.6 Å². The van der Waals surface area contributed by atoms with Gasteiger partial charge in [-0.1, -0.05) is 18.6 Å². The van der Waals surface area contributed by atoms with Gasteiger partial charge in [0.15, 0.2) is 0 Å². The van der Waals surface area contributed by atoms with Gasteiger partial charge >= 0.3 is 0 Å². The Kier molecular flexibility index (Phi) is 4.12. The van der Waals surface area contributed by atoms with E-state index >= 15 is 0 Å². The molecule has 0 saturated carbocycles. The predicted octanol–water partition coefficient (Wildman–Crippen LogP) is 3.69. The quantitative estimate of drug-likeness (QED) is 0.914. The van der Waals surface area contributed by atoms with E-state index in [1.807, 2.05) is 0 Å². The molecule has 21 heavy (non-hydrogen) atoms. The highest BCUT2D eigenvalue weighted by Gasteiger charge is 2.36. The Morgan fingerprint density at radius 3 is 3.00 bits per heavy atom. The molecule has 116 valence electrons. The number of anilines is 1. The molecule has 3 nitrogen and oxygen atoms in total. The van der Waals surface area contributed by atoms with Crippen LogP contribution in [-0.2, 0) is 6.42 Å². The number of para-hydroxylation sites is 1. The van der Waals surface area contributed by atoms with Crippen LogP contribution in [0.1, 0.15) is 45.6 Å². The summed E-state index contributed by atoms with van der Waals surface area (Å²) in [7, 11) is 0. The molecular weight excluding hydrogens is 260 g/mol. The molecule has 1 aromatic rings. The fourth-order valence-corrected chi connectivity index (χ4v) is 3.90. The van der Waals surface area contributed by atoms with Crippen LogP contribution in [-0.4, -0.2) is 36.2 Å².